The van der Waals surface area contributed by atoms with Crippen LogP contribution >= 0.6 is 0 Å². The van der Waals surface area contributed by atoms with Crippen LogP contribution in [0.15, 0.2) is 35.1 Å². The van der Waals surface area contributed by atoms with Gasteiger partial charge in [0, 0.05) is 23.4 Å². The fourth-order valence-electron chi connectivity index (χ4n) is 3.05. The quantitative estimate of drug-likeness (QED) is 0.796. The van der Waals surface area contributed by atoms with Crippen LogP contribution in [-0.2, 0) is 22.6 Å². The number of carbonyl (C=O) groups excluding carboxylic acids is 3. The fraction of sp³-hybridized carbons (Fsp3) is 0.263. The molecular formula is C19H19N3O4. The Labute approximate surface area is 150 Å². The Morgan fingerprint density at radius 3 is 2.65 bits per heavy atom. The van der Waals surface area contributed by atoms with E-state index in [0.29, 0.717) is 16.7 Å². The van der Waals surface area contributed by atoms with E-state index in [9.17, 15) is 19.2 Å². The molecule has 1 aliphatic rings. The lowest BCUT2D eigenvalue weighted by Gasteiger charge is -2.26. The molecule has 0 spiro atoms. The Morgan fingerprint density at radius 2 is 1.92 bits per heavy atom. The second-order valence-corrected chi connectivity index (χ2v) is 6.34. The lowest BCUT2D eigenvalue weighted by Crippen LogP contribution is -2.47. The number of fused-ring (bicyclic) bond motifs is 1. The highest BCUT2D eigenvalue weighted by Gasteiger charge is 2.31. The van der Waals surface area contributed by atoms with Gasteiger partial charge in [0.1, 0.15) is 6.54 Å². The molecule has 1 aliphatic heterocycles. The van der Waals surface area contributed by atoms with Gasteiger partial charge in [0.2, 0.25) is 11.8 Å². The van der Waals surface area contributed by atoms with Crippen molar-refractivity contribution in [3.05, 3.63) is 68.6 Å². The van der Waals surface area contributed by atoms with Gasteiger partial charge in [-0.15, -0.1) is 0 Å². The zero-order valence-electron chi connectivity index (χ0n) is 14.6. The first-order chi connectivity index (χ1) is 12.4. The Morgan fingerprint density at radius 1 is 1.19 bits per heavy atom. The molecular weight excluding hydrogens is 334 g/mol. The summed E-state index contributed by atoms with van der Waals surface area (Å²) in [5, 5.41) is 2.61. The lowest BCUT2D eigenvalue weighted by atomic mass is 9.98. The maximum Gasteiger partial charge on any atom is 0.261 e. The number of aryl methyl sites for hydroxylation is 2. The number of rotatable bonds is 4. The summed E-state index contributed by atoms with van der Waals surface area (Å²) in [7, 11) is 0. The molecule has 0 aliphatic carbocycles. The highest BCUT2D eigenvalue weighted by molar-refractivity contribution is 6.11. The molecule has 1 aromatic heterocycles. The molecule has 0 atom stereocenters. The van der Waals surface area contributed by atoms with Gasteiger partial charge in [-0.25, -0.2) is 0 Å². The summed E-state index contributed by atoms with van der Waals surface area (Å²) >= 11 is 0. The number of hydrogen-bond donors (Lipinski definition) is 2. The number of pyridine rings is 1. The molecule has 2 heterocycles. The van der Waals surface area contributed by atoms with Gasteiger partial charge in [0.05, 0.1) is 6.42 Å². The van der Waals surface area contributed by atoms with E-state index in [1.54, 1.807) is 38.1 Å². The number of amides is 3. The topological polar surface area (TPSA) is 99.3 Å². The number of aromatic nitrogens is 1. The minimum absolute atomic E-state index is 0.0348. The number of H-pyrrole nitrogens is 1. The van der Waals surface area contributed by atoms with Gasteiger partial charge in [-0.3, -0.25) is 24.1 Å². The molecule has 7 nitrogen and oxygen atoms in total. The van der Waals surface area contributed by atoms with Crippen LogP contribution in [0.4, 0.5) is 0 Å². The third-order valence-corrected chi connectivity index (χ3v) is 4.39. The van der Waals surface area contributed by atoms with Crippen molar-refractivity contribution in [2.75, 3.05) is 6.54 Å². The van der Waals surface area contributed by atoms with Crippen molar-refractivity contribution >= 4 is 17.7 Å². The number of imide groups is 1. The number of hydrogen-bond acceptors (Lipinski definition) is 4. The molecule has 1 aromatic carbocycles. The molecule has 134 valence electrons. The predicted molar refractivity (Wildman–Crippen MR) is 94.6 cm³/mol. The molecule has 0 radical (unpaired) electrons. The first-order valence-electron chi connectivity index (χ1n) is 8.25. The Kier molecular flexibility index (Phi) is 4.71. The summed E-state index contributed by atoms with van der Waals surface area (Å²) < 4.78 is 0. The van der Waals surface area contributed by atoms with E-state index in [0.717, 1.165) is 16.2 Å². The second-order valence-electron chi connectivity index (χ2n) is 6.34. The molecule has 0 unspecified atom stereocenters. The molecule has 2 N–H and O–H groups in total. The SMILES string of the molecule is Cc1cc(C)c(CNC(=O)CN2C(=O)Cc3ccccc3C2=O)c(=O)[nH]1. The molecule has 0 bridgehead atoms. The Bertz CT molecular complexity index is 961. The highest BCUT2D eigenvalue weighted by atomic mass is 16.2. The smallest absolute Gasteiger partial charge is 0.261 e. The minimum atomic E-state index is -0.495. The van der Waals surface area contributed by atoms with Crippen LogP contribution in [0.5, 0.6) is 0 Å². The average Bonchev–Trinajstić information content (AvgIpc) is 2.57. The third-order valence-electron chi connectivity index (χ3n) is 4.39. The normalized spacial score (nSPS) is 13.5. The summed E-state index contributed by atoms with van der Waals surface area (Å²) in [5.74, 6) is -1.38. The molecule has 0 fully saturated rings. The van der Waals surface area contributed by atoms with Crippen molar-refractivity contribution in [1.29, 1.82) is 0 Å². The first-order valence-corrected chi connectivity index (χ1v) is 8.25. The van der Waals surface area contributed by atoms with Gasteiger partial charge in [0.25, 0.3) is 11.5 Å². The molecule has 3 amide bonds. The van der Waals surface area contributed by atoms with Gasteiger partial charge in [0.15, 0.2) is 0 Å². The maximum atomic E-state index is 12.5. The summed E-state index contributed by atoms with van der Waals surface area (Å²) in [6.07, 6.45) is 0.0892. The van der Waals surface area contributed by atoms with Crippen LogP contribution < -0.4 is 10.9 Å². The number of benzene rings is 1. The van der Waals surface area contributed by atoms with Gasteiger partial charge < -0.3 is 10.3 Å². The standard InChI is InChI=1S/C19H19N3O4/c1-11-7-12(2)21-18(25)15(11)9-20-16(23)10-22-17(24)8-13-5-3-4-6-14(13)19(22)26/h3-7H,8-10H2,1-2H3,(H,20,23)(H,21,25). The summed E-state index contributed by atoms with van der Waals surface area (Å²) in [4.78, 5) is 52.5. The zero-order valence-corrected chi connectivity index (χ0v) is 14.6. The van der Waals surface area contributed by atoms with Crippen molar-refractivity contribution in [1.82, 2.24) is 15.2 Å². The zero-order chi connectivity index (χ0) is 18.8. The van der Waals surface area contributed by atoms with Crippen LogP contribution in [0, 0.1) is 13.8 Å². The van der Waals surface area contributed by atoms with Crippen LogP contribution in [-0.4, -0.2) is 34.2 Å². The van der Waals surface area contributed by atoms with E-state index in [-0.39, 0.29) is 25.1 Å². The molecule has 0 saturated carbocycles. The molecule has 3 rings (SSSR count). The van der Waals surface area contributed by atoms with Gasteiger partial charge in [-0.1, -0.05) is 18.2 Å². The monoisotopic (exact) mass is 353 g/mol. The van der Waals surface area contributed by atoms with E-state index in [2.05, 4.69) is 10.3 Å². The van der Waals surface area contributed by atoms with Crippen LogP contribution in [0.25, 0.3) is 0 Å². The number of nitrogens with zero attached hydrogens (tertiary/aromatic N) is 1. The third kappa shape index (κ3) is 3.42. The van der Waals surface area contributed by atoms with E-state index in [1.807, 2.05) is 6.07 Å². The van der Waals surface area contributed by atoms with Crippen LogP contribution in [0.1, 0.15) is 32.7 Å². The first kappa shape index (κ1) is 17.6. The Balaban J connectivity index is 1.68. The van der Waals surface area contributed by atoms with E-state index >= 15 is 0 Å². The summed E-state index contributed by atoms with van der Waals surface area (Å²) in [5.41, 5.74) is 2.80. The summed E-state index contributed by atoms with van der Waals surface area (Å²) in [6, 6.07) is 8.68. The number of nitrogens with one attached hydrogen (secondary N) is 2. The fourth-order valence-corrected chi connectivity index (χ4v) is 3.05. The van der Waals surface area contributed by atoms with Gasteiger partial charge >= 0.3 is 0 Å². The second kappa shape index (κ2) is 6.95. The molecule has 26 heavy (non-hydrogen) atoms. The maximum absolute atomic E-state index is 12.5. The lowest BCUT2D eigenvalue weighted by molar-refractivity contribution is -0.133. The number of carbonyl (C=O) groups is 3. The molecule has 2 aromatic rings. The van der Waals surface area contributed by atoms with Crippen LogP contribution in [0.2, 0.25) is 0 Å². The molecule has 0 saturated heterocycles. The minimum Gasteiger partial charge on any atom is -0.350 e. The van der Waals surface area contributed by atoms with Crippen molar-refractivity contribution in [3.63, 3.8) is 0 Å². The largest absolute Gasteiger partial charge is 0.350 e. The van der Waals surface area contributed by atoms with Crippen molar-refractivity contribution in [3.8, 4) is 0 Å². The van der Waals surface area contributed by atoms with E-state index in [4.69, 9.17) is 0 Å². The Hall–Kier alpha value is -3.22. The highest BCUT2D eigenvalue weighted by Crippen LogP contribution is 2.19. The van der Waals surface area contributed by atoms with Crippen molar-refractivity contribution in [2.45, 2.75) is 26.8 Å². The van der Waals surface area contributed by atoms with Crippen LogP contribution in [0.3, 0.4) is 0 Å². The van der Waals surface area contributed by atoms with Gasteiger partial charge in [-0.2, -0.15) is 0 Å². The summed E-state index contributed by atoms with van der Waals surface area (Å²) in [6.45, 7) is 3.24. The van der Waals surface area contributed by atoms with Crippen molar-refractivity contribution in [2.24, 2.45) is 0 Å². The predicted octanol–water partition coefficient (Wildman–Crippen LogP) is 0.833. The van der Waals surface area contributed by atoms with E-state index in [1.165, 1.54) is 0 Å². The average molecular weight is 353 g/mol. The van der Waals surface area contributed by atoms with E-state index < -0.39 is 17.7 Å². The van der Waals surface area contributed by atoms with Gasteiger partial charge in [-0.05, 0) is 37.1 Å². The molecule has 7 heteroatoms. The number of aromatic amines is 1. The van der Waals surface area contributed by atoms with Crippen molar-refractivity contribution < 1.29 is 14.4 Å².